The summed E-state index contributed by atoms with van der Waals surface area (Å²) in [5, 5.41) is 13.1. The summed E-state index contributed by atoms with van der Waals surface area (Å²) in [6.07, 6.45) is 2.07. The molecular formula is C20H18N4OS. The monoisotopic (exact) mass is 362 g/mol. The van der Waals surface area contributed by atoms with Gasteiger partial charge < -0.3 is 5.32 Å². The summed E-state index contributed by atoms with van der Waals surface area (Å²) in [5.74, 6) is -0.0966. The number of anilines is 1. The number of aromatic nitrogens is 1. The maximum absolute atomic E-state index is 12.5. The first-order chi connectivity index (χ1) is 12.7. The van der Waals surface area contributed by atoms with Gasteiger partial charge >= 0.3 is 0 Å². The lowest BCUT2D eigenvalue weighted by Gasteiger charge is -2.22. The van der Waals surface area contributed by atoms with Crippen molar-refractivity contribution in [1.29, 1.82) is 5.26 Å². The molecule has 1 N–H and O–H groups in total. The third-order valence-electron chi connectivity index (χ3n) is 4.63. The van der Waals surface area contributed by atoms with Gasteiger partial charge in [-0.25, -0.2) is 4.98 Å². The Morgan fingerprint density at radius 3 is 2.92 bits per heavy atom. The molecule has 0 radical (unpaired) electrons. The number of carbonyl (C=O) groups excluding carboxylic acids is 1. The number of para-hydroxylation sites is 2. The molecule has 1 fully saturated rings. The van der Waals surface area contributed by atoms with Gasteiger partial charge in [0.1, 0.15) is 11.1 Å². The van der Waals surface area contributed by atoms with E-state index in [-0.39, 0.29) is 11.9 Å². The Hall–Kier alpha value is -2.75. The lowest BCUT2D eigenvalue weighted by atomic mass is 10.2. The Kier molecular flexibility index (Phi) is 4.65. The molecule has 1 aromatic heterocycles. The smallest absolute Gasteiger partial charge is 0.238 e. The molecule has 0 aliphatic carbocycles. The van der Waals surface area contributed by atoms with Crippen molar-refractivity contribution in [2.75, 3.05) is 18.4 Å². The number of fused-ring (bicyclic) bond motifs is 1. The predicted molar refractivity (Wildman–Crippen MR) is 103 cm³/mol. The van der Waals surface area contributed by atoms with Crippen molar-refractivity contribution < 1.29 is 4.79 Å². The normalized spacial score (nSPS) is 17.3. The molecule has 1 aliphatic heterocycles. The molecule has 3 aromatic rings. The Morgan fingerprint density at radius 2 is 2.08 bits per heavy atom. The number of hydrogen-bond donors (Lipinski definition) is 1. The van der Waals surface area contributed by atoms with Gasteiger partial charge in [0.2, 0.25) is 5.91 Å². The number of hydrogen-bond acceptors (Lipinski definition) is 5. The van der Waals surface area contributed by atoms with Crippen LogP contribution in [0.5, 0.6) is 0 Å². The van der Waals surface area contributed by atoms with E-state index >= 15 is 0 Å². The van der Waals surface area contributed by atoms with Crippen LogP contribution in [0.4, 0.5) is 5.69 Å². The molecule has 1 atom stereocenters. The highest BCUT2D eigenvalue weighted by molar-refractivity contribution is 7.18. The average Bonchev–Trinajstić information content (AvgIpc) is 3.28. The molecule has 4 rings (SSSR count). The standard InChI is InChI=1S/C20H18N4OS/c21-12-14-6-1-2-7-15(14)22-19(25)13-24-11-5-9-17(24)20-23-16-8-3-4-10-18(16)26-20/h1-4,6-8,10,17H,5,9,11,13H2,(H,22,25)/t17-/m0/s1. The Balaban J connectivity index is 1.48. The van der Waals surface area contributed by atoms with E-state index < -0.39 is 0 Å². The first kappa shape index (κ1) is 16.7. The fraction of sp³-hybridized carbons (Fsp3) is 0.250. The van der Waals surface area contributed by atoms with Crippen LogP contribution >= 0.6 is 11.3 Å². The van der Waals surface area contributed by atoms with Crippen LogP contribution in [0, 0.1) is 11.3 Å². The number of thiazole rings is 1. The minimum absolute atomic E-state index is 0.0966. The minimum atomic E-state index is -0.0966. The predicted octanol–water partition coefficient (Wildman–Crippen LogP) is 3.94. The van der Waals surface area contributed by atoms with Crippen LogP contribution in [-0.2, 0) is 4.79 Å². The van der Waals surface area contributed by atoms with Crippen molar-refractivity contribution in [3.63, 3.8) is 0 Å². The summed E-state index contributed by atoms with van der Waals surface area (Å²) in [5.41, 5.74) is 2.06. The number of amides is 1. The van der Waals surface area contributed by atoms with E-state index in [9.17, 15) is 4.79 Å². The van der Waals surface area contributed by atoms with Crippen LogP contribution in [0.3, 0.4) is 0 Å². The molecule has 2 aromatic carbocycles. The molecular weight excluding hydrogens is 344 g/mol. The van der Waals surface area contributed by atoms with Gasteiger partial charge in [0, 0.05) is 0 Å². The van der Waals surface area contributed by atoms with Gasteiger partial charge in [0.15, 0.2) is 0 Å². The van der Waals surface area contributed by atoms with Crippen LogP contribution in [0.25, 0.3) is 10.2 Å². The quantitative estimate of drug-likeness (QED) is 0.763. The fourth-order valence-electron chi connectivity index (χ4n) is 3.39. The van der Waals surface area contributed by atoms with Crippen LogP contribution in [0.1, 0.15) is 29.5 Å². The lowest BCUT2D eigenvalue weighted by Crippen LogP contribution is -2.33. The largest absolute Gasteiger partial charge is 0.324 e. The molecule has 1 amide bonds. The zero-order valence-corrected chi connectivity index (χ0v) is 15.0. The highest BCUT2D eigenvalue weighted by Crippen LogP contribution is 2.36. The summed E-state index contributed by atoms with van der Waals surface area (Å²) in [6.45, 7) is 1.19. The van der Waals surface area contributed by atoms with Gasteiger partial charge in [-0.15, -0.1) is 11.3 Å². The highest BCUT2D eigenvalue weighted by Gasteiger charge is 2.30. The van der Waals surface area contributed by atoms with Crippen molar-refractivity contribution in [3.05, 3.63) is 59.1 Å². The van der Waals surface area contributed by atoms with E-state index in [4.69, 9.17) is 10.2 Å². The molecule has 0 unspecified atom stereocenters. The number of carbonyl (C=O) groups is 1. The van der Waals surface area contributed by atoms with E-state index in [2.05, 4.69) is 22.4 Å². The molecule has 130 valence electrons. The zero-order valence-electron chi connectivity index (χ0n) is 14.2. The molecule has 1 saturated heterocycles. The number of rotatable bonds is 4. The van der Waals surface area contributed by atoms with E-state index in [1.165, 1.54) is 4.70 Å². The Bertz CT molecular complexity index is 958. The maximum atomic E-state index is 12.5. The second-order valence-electron chi connectivity index (χ2n) is 6.35. The second-order valence-corrected chi connectivity index (χ2v) is 7.42. The maximum Gasteiger partial charge on any atom is 0.238 e. The first-order valence-corrected chi connectivity index (χ1v) is 9.45. The number of benzene rings is 2. The number of likely N-dealkylation sites (tertiary alicyclic amines) is 1. The van der Waals surface area contributed by atoms with Gasteiger partial charge in [-0.2, -0.15) is 5.26 Å². The fourth-order valence-corrected chi connectivity index (χ4v) is 4.53. The molecule has 26 heavy (non-hydrogen) atoms. The molecule has 0 spiro atoms. The van der Waals surface area contributed by atoms with Crippen LogP contribution in [0.2, 0.25) is 0 Å². The van der Waals surface area contributed by atoms with Crippen molar-refractivity contribution >= 4 is 33.1 Å². The SMILES string of the molecule is N#Cc1ccccc1NC(=O)CN1CCC[C@H]1c1nc2ccccc2s1. The molecule has 0 bridgehead atoms. The van der Waals surface area contributed by atoms with Crippen molar-refractivity contribution in [2.24, 2.45) is 0 Å². The number of nitrogens with zero attached hydrogens (tertiary/aromatic N) is 3. The third kappa shape index (κ3) is 3.32. The van der Waals surface area contributed by atoms with Crippen LogP contribution in [0.15, 0.2) is 48.5 Å². The molecule has 5 nitrogen and oxygen atoms in total. The van der Waals surface area contributed by atoms with Gasteiger partial charge in [-0.05, 0) is 43.7 Å². The Labute approximate surface area is 155 Å². The number of nitrogens with one attached hydrogen (secondary N) is 1. The summed E-state index contributed by atoms with van der Waals surface area (Å²) >= 11 is 1.71. The lowest BCUT2D eigenvalue weighted by molar-refractivity contribution is -0.117. The summed E-state index contributed by atoms with van der Waals surface area (Å²) in [6, 6.07) is 17.5. The van der Waals surface area contributed by atoms with E-state index in [0.29, 0.717) is 17.8 Å². The topological polar surface area (TPSA) is 69.0 Å². The van der Waals surface area contributed by atoms with Gasteiger partial charge in [0.05, 0.1) is 34.1 Å². The molecule has 6 heteroatoms. The first-order valence-electron chi connectivity index (χ1n) is 8.63. The van der Waals surface area contributed by atoms with Crippen LogP contribution < -0.4 is 5.32 Å². The minimum Gasteiger partial charge on any atom is -0.324 e. The summed E-state index contributed by atoms with van der Waals surface area (Å²) in [7, 11) is 0. The highest BCUT2D eigenvalue weighted by atomic mass is 32.1. The van der Waals surface area contributed by atoms with Gasteiger partial charge in [-0.1, -0.05) is 24.3 Å². The van der Waals surface area contributed by atoms with E-state index in [0.717, 1.165) is 29.9 Å². The molecule has 1 aliphatic rings. The van der Waals surface area contributed by atoms with E-state index in [1.54, 1.807) is 29.5 Å². The zero-order chi connectivity index (χ0) is 17.9. The van der Waals surface area contributed by atoms with Gasteiger partial charge in [0.25, 0.3) is 0 Å². The van der Waals surface area contributed by atoms with Crippen molar-refractivity contribution in [3.8, 4) is 6.07 Å². The van der Waals surface area contributed by atoms with Crippen molar-refractivity contribution in [2.45, 2.75) is 18.9 Å². The second kappa shape index (κ2) is 7.24. The molecule has 0 saturated carbocycles. The molecule has 2 heterocycles. The third-order valence-corrected chi connectivity index (χ3v) is 5.77. The van der Waals surface area contributed by atoms with Crippen molar-refractivity contribution in [1.82, 2.24) is 9.88 Å². The Morgan fingerprint density at radius 1 is 1.27 bits per heavy atom. The van der Waals surface area contributed by atoms with E-state index in [1.807, 2.05) is 24.3 Å². The average molecular weight is 362 g/mol. The van der Waals surface area contributed by atoms with Crippen LogP contribution in [-0.4, -0.2) is 28.9 Å². The summed E-state index contributed by atoms with van der Waals surface area (Å²) in [4.78, 5) is 19.5. The number of nitriles is 1. The van der Waals surface area contributed by atoms with Gasteiger partial charge in [-0.3, -0.25) is 9.69 Å². The summed E-state index contributed by atoms with van der Waals surface area (Å²) < 4.78 is 1.18.